The molecule has 0 aromatic heterocycles. The summed E-state index contributed by atoms with van der Waals surface area (Å²) in [6, 6.07) is 10.5. The summed E-state index contributed by atoms with van der Waals surface area (Å²) in [4.78, 5) is 11.7. The number of carbonyl (C=O) groups excluding carboxylic acids is 1. The van der Waals surface area contributed by atoms with Gasteiger partial charge in [0, 0.05) is 6.54 Å². The zero-order valence-corrected chi connectivity index (χ0v) is 15.6. The van der Waals surface area contributed by atoms with E-state index in [0.29, 0.717) is 11.4 Å². The average molecular weight is 384 g/mol. The van der Waals surface area contributed by atoms with Gasteiger partial charge in [-0.15, -0.1) is 0 Å². The molecule has 0 unspecified atom stereocenters. The molecule has 0 radical (unpaired) electrons. The van der Waals surface area contributed by atoms with E-state index in [1.807, 2.05) is 0 Å². The fraction of sp³-hybridized carbons (Fsp3) is 0.235. The van der Waals surface area contributed by atoms with Gasteiger partial charge in [0.1, 0.15) is 5.75 Å². The maximum atomic E-state index is 13.0. The molecule has 0 heterocycles. The van der Waals surface area contributed by atoms with Crippen molar-refractivity contribution in [2.75, 3.05) is 25.1 Å². The second kappa shape index (κ2) is 7.76. The number of methoxy groups -OCH3 is 2. The highest BCUT2D eigenvalue weighted by Gasteiger charge is 2.25. The monoisotopic (exact) mass is 383 g/mol. The maximum Gasteiger partial charge on any atom is 0.337 e. The summed E-state index contributed by atoms with van der Waals surface area (Å²) in [5.74, 6) is -0.154. The average Bonchev–Trinajstić information content (AvgIpc) is 2.61. The number of anilines is 1. The van der Waals surface area contributed by atoms with Crippen LogP contribution in [0, 0.1) is 0 Å². The van der Waals surface area contributed by atoms with Crippen LogP contribution in [-0.4, -0.2) is 35.2 Å². The lowest BCUT2D eigenvalue weighted by Gasteiger charge is -2.23. The first-order valence-corrected chi connectivity index (χ1v) is 9.21. The number of esters is 1. The van der Waals surface area contributed by atoms with Gasteiger partial charge in [-0.3, -0.25) is 4.31 Å². The van der Waals surface area contributed by atoms with E-state index < -0.39 is 16.0 Å². The molecule has 0 bridgehead atoms. The van der Waals surface area contributed by atoms with Crippen LogP contribution in [0.3, 0.4) is 0 Å². The highest BCUT2D eigenvalue weighted by atomic mass is 35.5. The van der Waals surface area contributed by atoms with Crippen molar-refractivity contribution in [1.82, 2.24) is 0 Å². The lowest BCUT2D eigenvalue weighted by Crippen LogP contribution is -2.31. The van der Waals surface area contributed by atoms with Crippen LogP contribution in [0.15, 0.2) is 47.4 Å². The quantitative estimate of drug-likeness (QED) is 0.715. The van der Waals surface area contributed by atoms with Gasteiger partial charge < -0.3 is 9.47 Å². The molecule has 6 nitrogen and oxygen atoms in total. The van der Waals surface area contributed by atoms with Crippen LogP contribution in [0.25, 0.3) is 0 Å². The second-order valence-corrected chi connectivity index (χ2v) is 7.28. The molecule has 0 saturated heterocycles. The van der Waals surface area contributed by atoms with E-state index in [-0.39, 0.29) is 22.0 Å². The van der Waals surface area contributed by atoms with Crippen LogP contribution in [0.2, 0.25) is 5.02 Å². The number of ether oxygens (including phenoxy) is 2. The van der Waals surface area contributed by atoms with E-state index in [9.17, 15) is 13.2 Å². The Hall–Kier alpha value is -2.25. The van der Waals surface area contributed by atoms with Crippen LogP contribution in [0.4, 0.5) is 5.69 Å². The summed E-state index contributed by atoms with van der Waals surface area (Å²) >= 11 is 6.05. The lowest BCUT2D eigenvalue weighted by molar-refractivity contribution is 0.0600. The number of hydrogen-bond acceptors (Lipinski definition) is 5. The zero-order valence-electron chi connectivity index (χ0n) is 14.0. The smallest absolute Gasteiger partial charge is 0.337 e. The second-order valence-electron chi connectivity index (χ2n) is 5.01. The van der Waals surface area contributed by atoms with Gasteiger partial charge in [0.05, 0.1) is 35.4 Å². The molecule has 0 aliphatic rings. The Kier molecular flexibility index (Phi) is 5.92. The van der Waals surface area contributed by atoms with Crippen LogP contribution < -0.4 is 9.04 Å². The van der Waals surface area contributed by atoms with Crippen molar-refractivity contribution < 1.29 is 22.7 Å². The molecule has 8 heteroatoms. The summed E-state index contributed by atoms with van der Waals surface area (Å²) in [5.41, 5.74) is 0.624. The molecule has 0 aliphatic heterocycles. The minimum absolute atomic E-state index is 0.0311. The molecule has 2 aromatic rings. The first-order chi connectivity index (χ1) is 11.8. The molecule has 0 spiro atoms. The summed E-state index contributed by atoms with van der Waals surface area (Å²) in [6.45, 7) is 1.88. The van der Waals surface area contributed by atoms with E-state index in [1.54, 1.807) is 25.1 Å². The van der Waals surface area contributed by atoms with Crippen molar-refractivity contribution in [1.29, 1.82) is 0 Å². The maximum absolute atomic E-state index is 13.0. The van der Waals surface area contributed by atoms with E-state index in [2.05, 4.69) is 4.74 Å². The van der Waals surface area contributed by atoms with E-state index in [4.69, 9.17) is 16.3 Å². The molecule has 25 heavy (non-hydrogen) atoms. The molecule has 0 fully saturated rings. The largest absolute Gasteiger partial charge is 0.495 e. The predicted octanol–water partition coefficient (Wildman–Crippen LogP) is 3.35. The van der Waals surface area contributed by atoms with Crippen molar-refractivity contribution in [3.63, 3.8) is 0 Å². The van der Waals surface area contributed by atoms with Crippen LogP contribution in [0.5, 0.6) is 5.75 Å². The molecule has 2 aromatic carbocycles. The van der Waals surface area contributed by atoms with Gasteiger partial charge in [-0.05, 0) is 43.3 Å². The lowest BCUT2D eigenvalue weighted by atomic mass is 10.2. The van der Waals surface area contributed by atoms with E-state index >= 15 is 0 Å². The van der Waals surface area contributed by atoms with Crippen LogP contribution in [0.1, 0.15) is 17.3 Å². The fourth-order valence-corrected chi connectivity index (χ4v) is 4.15. The Morgan fingerprint density at radius 3 is 2.44 bits per heavy atom. The van der Waals surface area contributed by atoms with Crippen LogP contribution >= 0.6 is 11.6 Å². The minimum atomic E-state index is -3.86. The highest BCUT2D eigenvalue weighted by molar-refractivity contribution is 7.92. The minimum Gasteiger partial charge on any atom is -0.495 e. The third-order valence-corrected chi connectivity index (χ3v) is 5.75. The predicted molar refractivity (Wildman–Crippen MR) is 96.0 cm³/mol. The molecule has 134 valence electrons. The van der Waals surface area contributed by atoms with Crippen molar-refractivity contribution >= 4 is 33.3 Å². The molecular formula is C17H18ClNO5S. The number of carbonyl (C=O) groups is 1. The SMILES string of the molecule is CCN(c1cccc(C(=O)OC)c1)S(=O)(=O)c1ccc(OC)c(Cl)c1. The number of hydrogen-bond donors (Lipinski definition) is 0. The molecule has 0 aliphatic carbocycles. The Balaban J connectivity index is 2.49. The fourth-order valence-electron chi connectivity index (χ4n) is 2.33. The number of sulfonamides is 1. The van der Waals surface area contributed by atoms with Gasteiger partial charge in [0.25, 0.3) is 10.0 Å². The third-order valence-electron chi connectivity index (χ3n) is 3.55. The number of halogens is 1. The Morgan fingerprint density at radius 1 is 1.16 bits per heavy atom. The van der Waals surface area contributed by atoms with Gasteiger partial charge in [0.15, 0.2) is 0 Å². The first-order valence-electron chi connectivity index (χ1n) is 7.39. The number of benzene rings is 2. The number of rotatable bonds is 6. The van der Waals surface area contributed by atoms with Crippen molar-refractivity contribution in [2.24, 2.45) is 0 Å². The summed E-state index contributed by atoms with van der Waals surface area (Å²) in [5, 5.41) is 0.197. The summed E-state index contributed by atoms with van der Waals surface area (Å²) in [6.07, 6.45) is 0. The standard InChI is InChI=1S/C17H18ClNO5S/c1-4-19(13-7-5-6-12(10-13)17(20)24-3)25(21,22)14-8-9-16(23-2)15(18)11-14/h5-11H,4H2,1-3H3. The highest BCUT2D eigenvalue weighted by Crippen LogP contribution is 2.30. The summed E-state index contributed by atoms with van der Waals surface area (Å²) < 4.78 is 36.9. The van der Waals surface area contributed by atoms with Gasteiger partial charge in [-0.25, -0.2) is 13.2 Å². The normalized spacial score (nSPS) is 11.0. The van der Waals surface area contributed by atoms with E-state index in [0.717, 1.165) is 0 Å². The van der Waals surface area contributed by atoms with Gasteiger partial charge in [-0.2, -0.15) is 0 Å². The van der Waals surface area contributed by atoms with Crippen LogP contribution in [-0.2, 0) is 14.8 Å². The molecular weight excluding hydrogens is 366 g/mol. The van der Waals surface area contributed by atoms with Crippen molar-refractivity contribution in [3.05, 3.63) is 53.1 Å². The Morgan fingerprint density at radius 2 is 1.88 bits per heavy atom. The molecule has 0 amide bonds. The van der Waals surface area contributed by atoms with Gasteiger partial charge >= 0.3 is 5.97 Å². The molecule has 0 N–H and O–H groups in total. The Bertz CT molecular complexity index is 882. The third kappa shape index (κ3) is 3.88. The van der Waals surface area contributed by atoms with Crippen molar-refractivity contribution in [2.45, 2.75) is 11.8 Å². The molecule has 0 saturated carbocycles. The van der Waals surface area contributed by atoms with Gasteiger partial charge in [-0.1, -0.05) is 17.7 Å². The van der Waals surface area contributed by atoms with Gasteiger partial charge in [0.2, 0.25) is 0 Å². The molecule has 0 atom stereocenters. The summed E-state index contributed by atoms with van der Waals surface area (Å²) in [7, 11) is -1.14. The first kappa shape index (κ1) is 19.1. The van der Waals surface area contributed by atoms with Crippen molar-refractivity contribution in [3.8, 4) is 5.75 Å². The topological polar surface area (TPSA) is 72.9 Å². The Labute approximate surface area is 152 Å². The zero-order chi connectivity index (χ0) is 18.6. The number of nitrogens with zero attached hydrogens (tertiary/aromatic N) is 1. The van der Waals surface area contributed by atoms with E-state index in [1.165, 1.54) is 42.8 Å². The molecule has 2 rings (SSSR count).